The number of H-pyrrole nitrogens is 1. The Bertz CT molecular complexity index is 1500. The molecule has 0 aliphatic heterocycles. The number of benzene rings is 2. The molecule has 1 saturated carbocycles. The number of hydrogen-bond donors (Lipinski definition) is 2. The third kappa shape index (κ3) is 4.17. The predicted molar refractivity (Wildman–Crippen MR) is 127 cm³/mol. The van der Waals surface area contributed by atoms with Crippen molar-refractivity contribution in [2.75, 3.05) is 11.6 Å². The Morgan fingerprint density at radius 1 is 1.09 bits per heavy atom. The fraction of sp³-hybridized carbons (Fsp3) is 0.174. The lowest BCUT2D eigenvalue weighted by Gasteiger charge is -2.17. The van der Waals surface area contributed by atoms with Crippen LogP contribution in [0.5, 0.6) is 0 Å². The van der Waals surface area contributed by atoms with Gasteiger partial charge in [0.25, 0.3) is 0 Å². The average molecular weight is 495 g/mol. The average Bonchev–Trinajstić information content (AvgIpc) is 3.45. The van der Waals surface area contributed by atoms with E-state index in [0.29, 0.717) is 33.2 Å². The van der Waals surface area contributed by atoms with E-state index < -0.39 is 15.3 Å². The number of carbonyl (C=O) groups excluding carboxylic acids is 1. The largest absolute Gasteiger partial charge is 0.325 e. The van der Waals surface area contributed by atoms with E-state index >= 15 is 0 Å². The van der Waals surface area contributed by atoms with Gasteiger partial charge in [-0.1, -0.05) is 29.8 Å². The van der Waals surface area contributed by atoms with Crippen LogP contribution in [-0.4, -0.2) is 46.2 Å². The zero-order chi connectivity index (χ0) is 23.9. The van der Waals surface area contributed by atoms with Crippen molar-refractivity contribution in [3.8, 4) is 22.5 Å². The smallest absolute Gasteiger partial charge is 0.235 e. The standard InChI is InChI=1S/C23H19ClN6O3S/c1-34(32,33)18-9-14(12-25-13-18)19-6-5-17(11-20(19)21-27-29-30-28-21)26-22(31)23(7-8-23)15-3-2-4-16(24)10-15/h2-6,9-13H,7-8H2,1H3,(H,26,31)(H,27,28,29,30). The maximum Gasteiger partial charge on any atom is 0.235 e. The second-order valence-corrected chi connectivity index (χ2v) is 10.7. The molecule has 2 aromatic heterocycles. The van der Waals surface area contributed by atoms with Gasteiger partial charge < -0.3 is 5.32 Å². The van der Waals surface area contributed by atoms with Crippen molar-refractivity contribution in [1.82, 2.24) is 25.6 Å². The van der Waals surface area contributed by atoms with Crippen molar-refractivity contribution in [1.29, 1.82) is 0 Å². The summed E-state index contributed by atoms with van der Waals surface area (Å²) in [6.07, 6.45) is 5.45. The Balaban J connectivity index is 1.51. The van der Waals surface area contributed by atoms with Gasteiger partial charge >= 0.3 is 0 Å². The molecule has 1 aliphatic rings. The number of tetrazole rings is 1. The molecular formula is C23H19ClN6O3S. The minimum absolute atomic E-state index is 0.0960. The molecule has 172 valence electrons. The number of aromatic amines is 1. The number of carbonyl (C=O) groups is 1. The number of amides is 1. The van der Waals surface area contributed by atoms with Crippen LogP contribution in [0.25, 0.3) is 22.5 Å². The number of halogens is 1. The van der Waals surface area contributed by atoms with Crippen LogP contribution in [0.2, 0.25) is 5.02 Å². The molecule has 11 heteroatoms. The van der Waals surface area contributed by atoms with Gasteiger partial charge in [0.1, 0.15) is 0 Å². The van der Waals surface area contributed by atoms with Gasteiger partial charge in [-0.25, -0.2) is 8.42 Å². The summed E-state index contributed by atoms with van der Waals surface area (Å²) in [6.45, 7) is 0. The van der Waals surface area contributed by atoms with Crippen molar-refractivity contribution >= 4 is 33.0 Å². The monoisotopic (exact) mass is 494 g/mol. The number of pyridine rings is 1. The fourth-order valence-electron chi connectivity index (χ4n) is 3.91. The van der Waals surface area contributed by atoms with Gasteiger partial charge in [-0.05, 0) is 59.5 Å². The van der Waals surface area contributed by atoms with E-state index in [4.69, 9.17) is 11.6 Å². The Labute approximate surface area is 200 Å². The lowest BCUT2D eigenvalue weighted by Crippen LogP contribution is -2.27. The van der Waals surface area contributed by atoms with Crippen LogP contribution in [-0.2, 0) is 20.0 Å². The topological polar surface area (TPSA) is 131 Å². The minimum Gasteiger partial charge on any atom is -0.325 e. The molecule has 2 N–H and O–H groups in total. The highest BCUT2D eigenvalue weighted by Gasteiger charge is 2.51. The van der Waals surface area contributed by atoms with Crippen LogP contribution in [0, 0.1) is 0 Å². The van der Waals surface area contributed by atoms with Crippen LogP contribution in [0.1, 0.15) is 18.4 Å². The van der Waals surface area contributed by atoms with Crippen molar-refractivity contribution in [3.05, 3.63) is 71.5 Å². The zero-order valence-corrected chi connectivity index (χ0v) is 19.6. The highest BCUT2D eigenvalue weighted by atomic mass is 35.5. The van der Waals surface area contributed by atoms with Crippen LogP contribution >= 0.6 is 11.6 Å². The number of nitrogens with zero attached hydrogens (tertiary/aromatic N) is 4. The second kappa shape index (κ2) is 8.30. The van der Waals surface area contributed by atoms with Gasteiger partial charge in [-0.3, -0.25) is 9.78 Å². The maximum atomic E-state index is 13.2. The maximum absolute atomic E-state index is 13.2. The van der Waals surface area contributed by atoms with Gasteiger partial charge in [0.15, 0.2) is 9.84 Å². The quantitative estimate of drug-likeness (QED) is 0.418. The summed E-state index contributed by atoms with van der Waals surface area (Å²) in [5, 5.41) is 17.8. The fourth-order valence-corrected chi connectivity index (χ4v) is 4.70. The summed E-state index contributed by atoms with van der Waals surface area (Å²) in [6, 6.07) is 14.1. The molecule has 0 atom stereocenters. The van der Waals surface area contributed by atoms with Crippen molar-refractivity contribution in [3.63, 3.8) is 0 Å². The first-order valence-electron chi connectivity index (χ1n) is 10.4. The lowest BCUT2D eigenvalue weighted by atomic mass is 9.94. The van der Waals surface area contributed by atoms with E-state index in [1.54, 1.807) is 30.5 Å². The summed E-state index contributed by atoms with van der Waals surface area (Å²) < 4.78 is 24.0. The molecule has 0 radical (unpaired) electrons. The SMILES string of the molecule is CS(=O)(=O)c1cncc(-c2ccc(NC(=O)C3(c4cccc(Cl)c4)CC3)cc2-c2nn[nH]n2)c1. The first-order valence-corrected chi connectivity index (χ1v) is 12.6. The first kappa shape index (κ1) is 22.2. The molecular weight excluding hydrogens is 476 g/mol. The Morgan fingerprint density at radius 3 is 2.59 bits per heavy atom. The predicted octanol–water partition coefficient (Wildman–Crippen LogP) is 3.66. The molecule has 0 bridgehead atoms. The summed E-state index contributed by atoms with van der Waals surface area (Å²) in [5.74, 6) is 0.175. The number of nitrogens with one attached hydrogen (secondary N) is 2. The van der Waals surface area contributed by atoms with Crippen molar-refractivity contribution in [2.24, 2.45) is 0 Å². The molecule has 9 nitrogen and oxygen atoms in total. The van der Waals surface area contributed by atoms with E-state index in [1.165, 1.54) is 12.3 Å². The summed E-state index contributed by atoms with van der Waals surface area (Å²) in [7, 11) is -3.44. The van der Waals surface area contributed by atoms with Gasteiger partial charge in [0.05, 0.1) is 10.3 Å². The molecule has 1 amide bonds. The van der Waals surface area contributed by atoms with E-state index in [0.717, 1.165) is 24.7 Å². The second-order valence-electron chi connectivity index (χ2n) is 8.22. The van der Waals surface area contributed by atoms with E-state index in [-0.39, 0.29) is 10.8 Å². The van der Waals surface area contributed by atoms with Crippen LogP contribution in [0.15, 0.2) is 65.8 Å². The van der Waals surface area contributed by atoms with Gasteiger partial charge in [0, 0.05) is 40.5 Å². The Hall–Kier alpha value is -3.63. The molecule has 1 fully saturated rings. The molecule has 5 rings (SSSR count). The van der Waals surface area contributed by atoms with Gasteiger partial charge in [0.2, 0.25) is 11.7 Å². The summed E-state index contributed by atoms with van der Waals surface area (Å²) in [5.41, 5.74) is 2.60. The molecule has 0 spiro atoms. The minimum atomic E-state index is -3.44. The molecule has 2 aromatic carbocycles. The van der Waals surface area contributed by atoms with Crippen LogP contribution in [0.3, 0.4) is 0 Å². The van der Waals surface area contributed by atoms with Crippen LogP contribution in [0.4, 0.5) is 5.69 Å². The first-order chi connectivity index (χ1) is 16.3. The van der Waals surface area contributed by atoms with Crippen LogP contribution < -0.4 is 5.32 Å². The number of aromatic nitrogens is 5. The highest BCUT2D eigenvalue weighted by Crippen LogP contribution is 2.49. The van der Waals surface area contributed by atoms with E-state index in [1.807, 2.05) is 18.2 Å². The highest BCUT2D eigenvalue weighted by molar-refractivity contribution is 7.90. The van der Waals surface area contributed by atoms with Gasteiger partial charge in [-0.2, -0.15) is 5.21 Å². The summed E-state index contributed by atoms with van der Waals surface area (Å²) >= 11 is 6.14. The third-order valence-corrected chi connectivity index (χ3v) is 7.19. The lowest BCUT2D eigenvalue weighted by molar-refractivity contribution is -0.118. The Morgan fingerprint density at radius 2 is 1.91 bits per heavy atom. The molecule has 1 aliphatic carbocycles. The number of rotatable bonds is 6. The summed E-state index contributed by atoms with van der Waals surface area (Å²) in [4.78, 5) is 17.4. The van der Waals surface area contributed by atoms with Crippen molar-refractivity contribution < 1.29 is 13.2 Å². The van der Waals surface area contributed by atoms with Gasteiger partial charge in [-0.15, -0.1) is 10.2 Å². The zero-order valence-electron chi connectivity index (χ0n) is 18.0. The Kier molecular flexibility index (Phi) is 5.41. The van der Waals surface area contributed by atoms with E-state index in [9.17, 15) is 13.2 Å². The molecule has 0 unspecified atom stereocenters. The number of anilines is 1. The molecule has 0 saturated heterocycles. The molecule has 4 aromatic rings. The number of hydrogen-bond acceptors (Lipinski definition) is 7. The molecule has 2 heterocycles. The van der Waals surface area contributed by atoms with Crippen molar-refractivity contribution in [2.45, 2.75) is 23.2 Å². The third-order valence-electron chi connectivity index (χ3n) is 5.88. The number of sulfone groups is 1. The molecule has 34 heavy (non-hydrogen) atoms. The van der Waals surface area contributed by atoms with E-state index in [2.05, 4.69) is 30.9 Å². The normalized spacial score (nSPS) is 14.5.